The largest absolute Gasteiger partial charge is 0.464 e. The molecule has 3 rings (SSSR count). The predicted molar refractivity (Wildman–Crippen MR) is 102 cm³/mol. The van der Waals surface area contributed by atoms with Crippen molar-refractivity contribution >= 4 is 23.2 Å². The molecule has 0 radical (unpaired) electrons. The lowest BCUT2D eigenvalue weighted by Crippen LogP contribution is -2.30. The predicted octanol–water partition coefficient (Wildman–Crippen LogP) is 4.99. The van der Waals surface area contributed by atoms with Gasteiger partial charge in [-0.25, -0.2) is 0 Å². The smallest absolute Gasteiger partial charge is 0.288 e. The van der Waals surface area contributed by atoms with Crippen LogP contribution in [0.2, 0.25) is 5.02 Å². The number of nitro groups is 1. The van der Waals surface area contributed by atoms with Gasteiger partial charge >= 0.3 is 0 Å². The zero-order valence-corrected chi connectivity index (χ0v) is 15.3. The van der Waals surface area contributed by atoms with Crippen LogP contribution in [-0.2, 0) is 13.1 Å². The van der Waals surface area contributed by atoms with Gasteiger partial charge in [-0.05, 0) is 36.8 Å². The molecule has 6 nitrogen and oxygen atoms in total. The van der Waals surface area contributed by atoms with E-state index in [0.717, 1.165) is 11.3 Å². The highest BCUT2D eigenvalue weighted by atomic mass is 35.5. The van der Waals surface area contributed by atoms with E-state index in [4.69, 9.17) is 16.0 Å². The molecule has 3 aromatic rings. The van der Waals surface area contributed by atoms with Crippen molar-refractivity contribution in [3.8, 4) is 0 Å². The van der Waals surface area contributed by atoms with Crippen LogP contribution in [0.5, 0.6) is 0 Å². The highest BCUT2D eigenvalue weighted by molar-refractivity contribution is 6.32. The van der Waals surface area contributed by atoms with Crippen LogP contribution in [0.25, 0.3) is 0 Å². The lowest BCUT2D eigenvalue weighted by atomic mass is 10.1. The van der Waals surface area contributed by atoms with Crippen molar-refractivity contribution in [1.82, 2.24) is 4.90 Å². The van der Waals surface area contributed by atoms with Crippen LogP contribution in [-0.4, -0.2) is 15.7 Å². The first kappa shape index (κ1) is 18.7. The number of rotatable bonds is 6. The van der Waals surface area contributed by atoms with Gasteiger partial charge in [-0.3, -0.25) is 14.9 Å². The molecule has 1 heterocycles. The number of furan rings is 1. The van der Waals surface area contributed by atoms with Crippen LogP contribution in [0.4, 0.5) is 5.69 Å². The molecule has 0 saturated heterocycles. The van der Waals surface area contributed by atoms with Gasteiger partial charge in [-0.2, -0.15) is 0 Å². The van der Waals surface area contributed by atoms with E-state index in [-0.39, 0.29) is 28.7 Å². The number of carbonyl (C=O) groups is 1. The summed E-state index contributed by atoms with van der Waals surface area (Å²) in [6.45, 7) is 2.42. The highest BCUT2D eigenvalue weighted by Crippen LogP contribution is 2.26. The van der Waals surface area contributed by atoms with Gasteiger partial charge in [-0.1, -0.05) is 41.9 Å². The Kier molecular flexibility index (Phi) is 5.57. The maximum Gasteiger partial charge on any atom is 0.288 e. The summed E-state index contributed by atoms with van der Waals surface area (Å²) in [6, 6.07) is 17.2. The normalized spacial score (nSPS) is 10.6. The Labute approximate surface area is 161 Å². The number of hydrogen-bond donors (Lipinski definition) is 0. The second kappa shape index (κ2) is 8.05. The molecule has 0 aliphatic heterocycles. The summed E-state index contributed by atoms with van der Waals surface area (Å²) in [4.78, 5) is 25.2. The molecule has 0 unspecified atom stereocenters. The van der Waals surface area contributed by atoms with Crippen LogP contribution in [0.3, 0.4) is 0 Å². The van der Waals surface area contributed by atoms with Gasteiger partial charge in [0.1, 0.15) is 16.5 Å². The van der Waals surface area contributed by atoms with E-state index in [0.29, 0.717) is 12.3 Å². The first-order valence-electron chi connectivity index (χ1n) is 8.26. The summed E-state index contributed by atoms with van der Waals surface area (Å²) in [5.74, 6) is 1.05. The average molecular weight is 385 g/mol. The molecule has 1 aromatic heterocycles. The fourth-order valence-corrected chi connectivity index (χ4v) is 2.92. The standard InChI is InChI=1S/C20H17ClN2O4/c1-14-7-9-17(27-14)13-22(12-15-5-3-2-4-6-15)20(24)16-8-10-18(21)19(11-16)23(25)26/h2-11H,12-13H2,1H3. The lowest BCUT2D eigenvalue weighted by molar-refractivity contribution is -0.384. The van der Waals surface area contributed by atoms with Gasteiger partial charge in [0.15, 0.2) is 0 Å². The zero-order chi connectivity index (χ0) is 19.4. The van der Waals surface area contributed by atoms with Crippen molar-refractivity contribution in [3.63, 3.8) is 0 Å². The van der Waals surface area contributed by atoms with Crippen LogP contribution >= 0.6 is 11.6 Å². The van der Waals surface area contributed by atoms with Crippen LogP contribution < -0.4 is 0 Å². The van der Waals surface area contributed by atoms with Crippen LogP contribution in [0, 0.1) is 17.0 Å². The number of nitro benzene ring substituents is 1. The second-order valence-corrected chi connectivity index (χ2v) is 6.49. The van der Waals surface area contributed by atoms with Gasteiger partial charge in [0.05, 0.1) is 11.5 Å². The Morgan fingerprint density at radius 2 is 1.85 bits per heavy atom. The molecule has 0 spiro atoms. The van der Waals surface area contributed by atoms with Crippen molar-refractivity contribution in [2.45, 2.75) is 20.0 Å². The van der Waals surface area contributed by atoms with Crippen molar-refractivity contribution in [2.24, 2.45) is 0 Å². The molecule has 0 bridgehead atoms. The molecular weight excluding hydrogens is 368 g/mol. The summed E-state index contributed by atoms with van der Waals surface area (Å²) >= 11 is 5.86. The lowest BCUT2D eigenvalue weighted by Gasteiger charge is -2.22. The molecule has 27 heavy (non-hydrogen) atoms. The third-order valence-electron chi connectivity index (χ3n) is 4.04. The second-order valence-electron chi connectivity index (χ2n) is 6.08. The van der Waals surface area contributed by atoms with Gasteiger partial charge in [-0.15, -0.1) is 0 Å². The maximum absolute atomic E-state index is 13.1. The van der Waals surface area contributed by atoms with Gasteiger partial charge in [0.2, 0.25) is 0 Å². The molecule has 0 fully saturated rings. The molecule has 0 atom stereocenters. The fourth-order valence-electron chi connectivity index (χ4n) is 2.73. The Balaban J connectivity index is 1.92. The minimum atomic E-state index is -0.601. The number of amides is 1. The number of nitrogens with zero attached hydrogens (tertiary/aromatic N) is 2. The van der Waals surface area contributed by atoms with Crippen LogP contribution in [0.1, 0.15) is 27.4 Å². The molecule has 2 aromatic carbocycles. The maximum atomic E-state index is 13.1. The van der Waals surface area contributed by atoms with Crippen molar-refractivity contribution in [2.75, 3.05) is 0 Å². The number of halogens is 1. The molecule has 0 saturated carbocycles. The van der Waals surface area contributed by atoms with E-state index in [1.807, 2.05) is 49.4 Å². The molecule has 1 amide bonds. The molecule has 0 aliphatic rings. The van der Waals surface area contributed by atoms with Gasteiger partial charge < -0.3 is 9.32 Å². The highest BCUT2D eigenvalue weighted by Gasteiger charge is 2.22. The molecule has 0 aliphatic carbocycles. The Hall–Kier alpha value is -3.12. The van der Waals surface area contributed by atoms with E-state index >= 15 is 0 Å². The van der Waals surface area contributed by atoms with Crippen LogP contribution in [0.15, 0.2) is 65.1 Å². The Bertz CT molecular complexity index is 969. The van der Waals surface area contributed by atoms with Crippen molar-refractivity contribution in [3.05, 3.63) is 98.4 Å². The van der Waals surface area contributed by atoms with Crippen molar-refractivity contribution in [1.29, 1.82) is 0 Å². The minimum Gasteiger partial charge on any atom is -0.464 e. The number of carbonyl (C=O) groups excluding carboxylic acids is 1. The molecule has 0 N–H and O–H groups in total. The average Bonchev–Trinajstić information content (AvgIpc) is 3.06. The summed E-state index contributed by atoms with van der Waals surface area (Å²) in [5, 5.41) is 11.1. The zero-order valence-electron chi connectivity index (χ0n) is 14.6. The third-order valence-corrected chi connectivity index (χ3v) is 4.36. The van der Waals surface area contributed by atoms with E-state index in [2.05, 4.69) is 0 Å². The fraction of sp³-hybridized carbons (Fsp3) is 0.150. The SMILES string of the molecule is Cc1ccc(CN(Cc2ccccc2)C(=O)c2ccc(Cl)c([N+](=O)[O-])c2)o1. The third kappa shape index (κ3) is 4.54. The van der Waals surface area contributed by atoms with E-state index < -0.39 is 4.92 Å². The summed E-state index contributed by atoms with van der Waals surface area (Å²) in [6.07, 6.45) is 0. The van der Waals surface area contributed by atoms with E-state index in [1.165, 1.54) is 18.2 Å². The minimum absolute atomic E-state index is 0.00665. The summed E-state index contributed by atoms with van der Waals surface area (Å²) in [5.41, 5.74) is 0.846. The quantitative estimate of drug-likeness (QED) is 0.443. The molecule has 7 heteroatoms. The number of benzene rings is 2. The monoisotopic (exact) mass is 384 g/mol. The Morgan fingerprint density at radius 1 is 1.11 bits per heavy atom. The molecule has 138 valence electrons. The van der Waals surface area contributed by atoms with E-state index in [9.17, 15) is 14.9 Å². The topological polar surface area (TPSA) is 76.6 Å². The first-order chi connectivity index (χ1) is 12.9. The first-order valence-corrected chi connectivity index (χ1v) is 8.64. The van der Waals surface area contributed by atoms with Gasteiger partial charge in [0, 0.05) is 18.2 Å². The van der Waals surface area contributed by atoms with Crippen molar-refractivity contribution < 1.29 is 14.1 Å². The summed E-state index contributed by atoms with van der Waals surface area (Å²) in [7, 11) is 0. The Morgan fingerprint density at radius 3 is 2.48 bits per heavy atom. The van der Waals surface area contributed by atoms with E-state index in [1.54, 1.807) is 4.90 Å². The molecular formula is C20H17ClN2O4. The number of hydrogen-bond acceptors (Lipinski definition) is 4. The number of aryl methyl sites for hydroxylation is 1. The van der Waals surface area contributed by atoms with Gasteiger partial charge in [0.25, 0.3) is 11.6 Å². The summed E-state index contributed by atoms with van der Waals surface area (Å²) < 4.78 is 5.60.